The maximum atomic E-state index is 5.35. The lowest BCUT2D eigenvalue weighted by Crippen LogP contribution is -2.94. The molecule has 20 heavy (non-hydrogen) atoms. The molecule has 1 rings (SSSR count). The van der Waals surface area contributed by atoms with E-state index in [1.165, 1.54) is 12.0 Å². The molecule has 1 aromatic rings. The van der Waals surface area contributed by atoms with Gasteiger partial charge in [-0.3, -0.25) is 0 Å². The second-order valence-corrected chi connectivity index (χ2v) is 7.32. The molecule has 0 bridgehead atoms. The van der Waals surface area contributed by atoms with Gasteiger partial charge in [-0.05, 0) is 37.5 Å². The van der Waals surface area contributed by atoms with Crippen LogP contribution in [0, 0.1) is 5.41 Å². The minimum absolute atomic E-state index is 0.228. The predicted molar refractivity (Wildman–Crippen MR) is 83.3 cm³/mol. The highest BCUT2D eigenvalue weighted by atomic mass is 16.5. The number of nitrogens with two attached hydrogens (primary N) is 1. The lowest BCUT2D eigenvalue weighted by atomic mass is 9.82. The molecule has 0 spiro atoms. The van der Waals surface area contributed by atoms with Crippen molar-refractivity contribution in [3.05, 3.63) is 23.8 Å². The Balaban J connectivity index is 2.70. The molecule has 0 saturated heterocycles. The zero-order valence-electron chi connectivity index (χ0n) is 14.0. The minimum atomic E-state index is 0.228. The first-order valence-corrected chi connectivity index (χ1v) is 7.22. The van der Waals surface area contributed by atoms with Crippen molar-refractivity contribution in [1.29, 1.82) is 0 Å². The summed E-state index contributed by atoms with van der Waals surface area (Å²) < 4.78 is 10.6. The van der Waals surface area contributed by atoms with Crippen LogP contribution < -0.4 is 14.8 Å². The lowest BCUT2D eigenvalue weighted by Gasteiger charge is -2.30. The molecule has 114 valence electrons. The van der Waals surface area contributed by atoms with Crippen LogP contribution in [-0.2, 0) is 6.54 Å². The largest absolute Gasteiger partial charge is 0.493 e. The van der Waals surface area contributed by atoms with E-state index >= 15 is 0 Å². The van der Waals surface area contributed by atoms with E-state index in [0.717, 1.165) is 18.0 Å². The fourth-order valence-corrected chi connectivity index (χ4v) is 2.84. The van der Waals surface area contributed by atoms with E-state index in [2.05, 4.69) is 52.1 Å². The molecule has 3 heteroatoms. The molecule has 0 aliphatic rings. The number of hydrogen-bond acceptors (Lipinski definition) is 2. The Kier molecular flexibility index (Phi) is 5.46. The molecule has 0 amide bonds. The predicted octanol–water partition coefficient (Wildman–Crippen LogP) is 2.98. The third kappa shape index (κ3) is 5.41. The molecular formula is C17H30NO2+. The highest BCUT2D eigenvalue weighted by Crippen LogP contribution is 2.27. The molecule has 0 heterocycles. The van der Waals surface area contributed by atoms with E-state index in [0.29, 0.717) is 5.41 Å². The first kappa shape index (κ1) is 16.8. The molecule has 0 aliphatic heterocycles. The van der Waals surface area contributed by atoms with Crippen molar-refractivity contribution < 1.29 is 14.8 Å². The number of quaternary nitrogens is 1. The Morgan fingerprint density at radius 2 is 1.55 bits per heavy atom. The van der Waals surface area contributed by atoms with Gasteiger partial charge in [-0.2, -0.15) is 0 Å². The fraction of sp³-hybridized carbons (Fsp3) is 0.647. The van der Waals surface area contributed by atoms with Gasteiger partial charge in [-0.15, -0.1) is 0 Å². The Labute approximate surface area is 123 Å². The van der Waals surface area contributed by atoms with E-state index in [4.69, 9.17) is 9.47 Å². The first-order valence-electron chi connectivity index (χ1n) is 7.22. The molecule has 0 atom stereocenters. The van der Waals surface area contributed by atoms with Gasteiger partial charge in [0.2, 0.25) is 0 Å². The Morgan fingerprint density at radius 1 is 0.950 bits per heavy atom. The van der Waals surface area contributed by atoms with Gasteiger partial charge in [-0.1, -0.05) is 20.8 Å². The molecule has 1 aromatic carbocycles. The smallest absolute Gasteiger partial charge is 0.161 e. The summed E-state index contributed by atoms with van der Waals surface area (Å²) in [5, 5.41) is 2.40. The number of benzene rings is 1. The molecule has 0 aliphatic carbocycles. The van der Waals surface area contributed by atoms with Crippen LogP contribution in [0.1, 0.15) is 46.6 Å². The van der Waals surface area contributed by atoms with Crippen molar-refractivity contribution >= 4 is 0 Å². The van der Waals surface area contributed by atoms with Gasteiger partial charge in [0.25, 0.3) is 0 Å². The van der Waals surface area contributed by atoms with Crippen LogP contribution in [0.5, 0.6) is 11.5 Å². The number of methoxy groups -OCH3 is 2. The fourth-order valence-electron chi connectivity index (χ4n) is 2.84. The summed E-state index contributed by atoms with van der Waals surface area (Å²) in [6, 6.07) is 6.13. The van der Waals surface area contributed by atoms with Crippen LogP contribution in [0.25, 0.3) is 0 Å². The Morgan fingerprint density at radius 3 is 2.05 bits per heavy atom. The monoisotopic (exact) mass is 280 g/mol. The Bertz CT molecular complexity index is 433. The summed E-state index contributed by atoms with van der Waals surface area (Å²) in [5.74, 6) is 1.58. The quantitative estimate of drug-likeness (QED) is 0.869. The molecule has 0 unspecified atom stereocenters. The van der Waals surface area contributed by atoms with E-state index in [9.17, 15) is 0 Å². The van der Waals surface area contributed by atoms with Gasteiger partial charge in [-0.25, -0.2) is 0 Å². The summed E-state index contributed by atoms with van der Waals surface area (Å²) >= 11 is 0. The van der Waals surface area contributed by atoms with Gasteiger partial charge < -0.3 is 14.8 Å². The van der Waals surface area contributed by atoms with E-state index in [1.807, 2.05) is 6.07 Å². The SMILES string of the molecule is COc1ccc(C[NH2+]C(C)(C)CC(C)(C)C)cc1OC. The molecular weight excluding hydrogens is 250 g/mol. The molecule has 0 fully saturated rings. The highest BCUT2D eigenvalue weighted by Gasteiger charge is 2.28. The average molecular weight is 280 g/mol. The maximum absolute atomic E-state index is 5.35. The third-order valence-corrected chi connectivity index (χ3v) is 3.32. The lowest BCUT2D eigenvalue weighted by molar-refractivity contribution is -0.737. The van der Waals surface area contributed by atoms with Gasteiger partial charge >= 0.3 is 0 Å². The van der Waals surface area contributed by atoms with Crippen LogP contribution in [0.4, 0.5) is 0 Å². The van der Waals surface area contributed by atoms with E-state index in [-0.39, 0.29) is 5.54 Å². The molecule has 0 aromatic heterocycles. The summed E-state index contributed by atoms with van der Waals surface area (Å²) in [4.78, 5) is 0. The normalized spacial score (nSPS) is 12.3. The average Bonchev–Trinajstić information content (AvgIpc) is 2.33. The van der Waals surface area contributed by atoms with Gasteiger partial charge in [0.1, 0.15) is 6.54 Å². The van der Waals surface area contributed by atoms with Gasteiger partial charge in [0, 0.05) is 12.0 Å². The second-order valence-electron chi connectivity index (χ2n) is 7.32. The van der Waals surface area contributed by atoms with E-state index < -0.39 is 0 Å². The van der Waals surface area contributed by atoms with Crippen LogP contribution in [0.2, 0.25) is 0 Å². The standard InChI is InChI=1S/C17H29NO2/c1-16(2,3)12-17(4,5)18-11-13-8-9-14(19-6)15(10-13)20-7/h8-10,18H,11-12H2,1-7H3/p+1. The summed E-state index contributed by atoms with van der Waals surface area (Å²) in [6.07, 6.45) is 1.17. The van der Waals surface area contributed by atoms with Gasteiger partial charge in [0.05, 0.1) is 19.8 Å². The molecule has 0 radical (unpaired) electrons. The molecule has 2 N–H and O–H groups in total. The van der Waals surface area contributed by atoms with Crippen LogP contribution in [0.3, 0.4) is 0 Å². The van der Waals surface area contributed by atoms with Crippen molar-refractivity contribution in [2.24, 2.45) is 5.41 Å². The minimum Gasteiger partial charge on any atom is -0.493 e. The van der Waals surface area contributed by atoms with Crippen molar-refractivity contribution in [2.75, 3.05) is 14.2 Å². The first-order chi connectivity index (χ1) is 9.17. The van der Waals surface area contributed by atoms with Crippen LogP contribution >= 0.6 is 0 Å². The van der Waals surface area contributed by atoms with Crippen LogP contribution in [-0.4, -0.2) is 19.8 Å². The highest BCUT2D eigenvalue weighted by molar-refractivity contribution is 5.42. The second kappa shape index (κ2) is 6.49. The molecule has 3 nitrogen and oxygen atoms in total. The van der Waals surface area contributed by atoms with Gasteiger partial charge in [0.15, 0.2) is 11.5 Å². The number of hydrogen-bond donors (Lipinski definition) is 1. The van der Waals surface area contributed by atoms with Crippen molar-refractivity contribution in [3.8, 4) is 11.5 Å². The van der Waals surface area contributed by atoms with Crippen molar-refractivity contribution in [1.82, 2.24) is 0 Å². The zero-order valence-corrected chi connectivity index (χ0v) is 14.0. The zero-order chi connectivity index (χ0) is 15.4. The topological polar surface area (TPSA) is 35.1 Å². The Hall–Kier alpha value is -1.22. The maximum Gasteiger partial charge on any atom is 0.161 e. The summed E-state index contributed by atoms with van der Waals surface area (Å²) in [7, 11) is 3.34. The number of rotatable bonds is 6. The van der Waals surface area contributed by atoms with E-state index in [1.54, 1.807) is 14.2 Å². The van der Waals surface area contributed by atoms with Crippen molar-refractivity contribution in [2.45, 2.75) is 53.1 Å². The summed E-state index contributed by atoms with van der Waals surface area (Å²) in [5.41, 5.74) is 1.83. The van der Waals surface area contributed by atoms with Crippen molar-refractivity contribution in [3.63, 3.8) is 0 Å². The van der Waals surface area contributed by atoms with Crippen LogP contribution in [0.15, 0.2) is 18.2 Å². The molecule has 0 saturated carbocycles. The third-order valence-electron chi connectivity index (χ3n) is 3.32. The summed E-state index contributed by atoms with van der Waals surface area (Å²) in [6.45, 7) is 12.4. The number of ether oxygens (including phenoxy) is 2.